The summed E-state index contributed by atoms with van der Waals surface area (Å²) in [6.45, 7) is 7.21. The Hall–Kier alpha value is 2.20. The second-order valence-electron chi connectivity index (χ2n) is 5.86. The van der Waals surface area contributed by atoms with Crippen LogP contribution in [0, 0.1) is 5.41 Å². The molecule has 0 radical (unpaired) electrons. The second-order valence-corrected chi connectivity index (χ2v) is 17.2. The van der Waals surface area contributed by atoms with Gasteiger partial charge >= 0.3 is 0 Å². The van der Waals surface area contributed by atoms with Crippen molar-refractivity contribution in [3.8, 4) is 0 Å². The molecule has 0 spiro atoms. The van der Waals surface area contributed by atoms with Gasteiger partial charge < -0.3 is 34.3 Å². The predicted molar refractivity (Wildman–Crippen MR) is 184 cm³/mol. The molecule has 0 bridgehead atoms. The van der Waals surface area contributed by atoms with Crippen molar-refractivity contribution in [3.63, 3.8) is 0 Å². The van der Waals surface area contributed by atoms with Gasteiger partial charge in [-0.3, -0.25) is 4.18 Å². The molecule has 8 nitrogen and oxygen atoms in total. The van der Waals surface area contributed by atoms with Gasteiger partial charge in [-0.2, -0.15) is 0 Å². The summed E-state index contributed by atoms with van der Waals surface area (Å²) in [6.07, 6.45) is 0. The minimum atomic E-state index is -1.70. The first kappa shape index (κ1) is 39.2. The highest BCUT2D eigenvalue weighted by Crippen LogP contribution is 2.64. The van der Waals surface area contributed by atoms with Gasteiger partial charge in [0.1, 0.15) is 10.9 Å². The third kappa shape index (κ3) is 14.3. The third-order valence-electron chi connectivity index (χ3n) is 3.59. The van der Waals surface area contributed by atoms with E-state index in [2.05, 4.69) is 0 Å². The fraction of sp³-hybridized carbons (Fsp3) is 0.765. The Morgan fingerprint density at radius 2 is 1.05 bits per heavy atom. The number of ether oxygens (including phenoxy) is 4. The number of rotatable bonds is 17. The number of aliphatic hydroxyl groups excluding tert-OH is 3. The molecule has 216 valence electrons. The molecule has 0 aliphatic carbocycles. The van der Waals surface area contributed by atoms with Crippen LogP contribution in [0.25, 0.3) is 0 Å². The summed E-state index contributed by atoms with van der Waals surface area (Å²) in [5, 5.41) is 32.6. The van der Waals surface area contributed by atoms with E-state index in [1.165, 1.54) is 0 Å². The Kier molecular flexibility index (Phi) is 24.1. The molecule has 20 heteroatoms. The van der Waals surface area contributed by atoms with E-state index in [-0.39, 0.29) is 17.5 Å². The van der Waals surface area contributed by atoms with Crippen molar-refractivity contribution >= 4 is 153 Å². The first-order valence-corrected chi connectivity index (χ1v) is 20.5. The van der Waals surface area contributed by atoms with E-state index in [1.54, 1.807) is 27.7 Å². The predicted octanol–water partition coefficient (Wildman–Crippen LogP) is 6.67. The molecule has 0 aromatic rings. The monoisotopic (exact) mass is 744 g/mol. The van der Waals surface area contributed by atoms with Crippen molar-refractivity contribution < 1.29 is 38.5 Å². The minimum absolute atomic E-state index is 0.189. The molecule has 0 fully saturated rings. The SMILES string of the molecule is CCOC(=S)SSOC(SSC(=S)OCC)(SSC(=S)OCC)C(CO)(CO)C(O)SSC(=S)OCC. The van der Waals surface area contributed by atoms with E-state index in [1.807, 2.05) is 0 Å². The molecule has 0 saturated carbocycles. The lowest BCUT2D eigenvalue weighted by atomic mass is 9.91. The Balaban J connectivity index is 6.38. The van der Waals surface area contributed by atoms with Crippen LogP contribution in [0.5, 0.6) is 0 Å². The lowest BCUT2D eigenvalue weighted by Gasteiger charge is -2.47. The van der Waals surface area contributed by atoms with Gasteiger partial charge in [-0.1, -0.05) is 10.8 Å². The van der Waals surface area contributed by atoms with E-state index in [0.29, 0.717) is 26.4 Å². The first-order chi connectivity index (χ1) is 17.6. The summed E-state index contributed by atoms with van der Waals surface area (Å²) in [4.78, 5) is 0. The maximum absolute atomic E-state index is 11.3. The normalized spacial score (nSPS) is 12.5. The summed E-state index contributed by atoms with van der Waals surface area (Å²) < 4.78 is 26.8. The Morgan fingerprint density at radius 3 is 1.43 bits per heavy atom. The molecule has 0 amide bonds. The average molecular weight is 745 g/mol. The Morgan fingerprint density at radius 1 is 0.676 bits per heavy atom. The molecule has 1 atom stereocenters. The Bertz CT molecular complexity index is 690. The van der Waals surface area contributed by atoms with Crippen molar-refractivity contribution in [3.05, 3.63) is 0 Å². The maximum atomic E-state index is 11.3. The number of thiocarbonyl (C=S) groups is 4. The zero-order valence-corrected chi connectivity index (χ0v) is 29.9. The number of hydrogen-bond acceptors (Lipinski definition) is 20. The van der Waals surface area contributed by atoms with Crippen LogP contribution in [-0.4, -0.2) is 82.2 Å². The van der Waals surface area contributed by atoms with E-state index in [9.17, 15) is 15.3 Å². The first-order valence-electron chi connectivity index (χ1n) is 10.3. The van der Waals surface area contributed by atoms with E-state index in [0.717, 1.165) is 86.6 Å². The van der Waals surface area contributed by atoms with Gasteiger partial charge in [-0.05, 0) is 131 Å². The van der Waals surface area contributed by atoms with Gasteiger partial charge in [-0.15, -0.1) is 0 Å². The average Bonchev–Trinajstić information content (AvgIpc) is 2.86. The van der Waals surface area contributed by atoms with Crippen LogP contribution in [0.1, 0.15) is 27.7 Å². The van der Waals surface area contributed by atoms with Gasteiger partial charge in [-0.25, -0.2) is 0 Å². The van der Waals surface area contributed by atoms with Crippen molar-refractivity contribution in [1.29, 1.82) is 0 Å². The van der Waals surface area contributed by atoms with Gasteiger partial charge in [0.25, 0.3) is 0 Å². The van der Waals surface area contributed by atoms with Crippen LogP contribution < -0.4 is 0 Å². The standard InChI is InChI=1S/C17H28O8S12/c1-5-21-12(26)31-30-11(20)16(9-18,10-19)17(35-32-13(27)22-6-2,36-33-14(28)23-7-3)25-37-34-15(29)24-8-4/h11,18-20H,5-10H2,1-4H3. The van der Waals surface area contributed by atoms with E-state index < -0.39 is 28.3 Å². The lowest BCUT2D eigenvalue weighted by Crippen LogP contribution is -2.55. The van der Waals surface area contributed by atoms with Gasteiger partial charge in [0.05, 0.1) is 50.7 Å². The smallest absolute Gasteiger partial charge is 0.233 e. The van der Waals surface area contributed by atoms with Crippen molar-refractivity contribution in [2.24, 2.45) is 5.41 Å². The summed E-state index contributed by atoms with van der Waals surface area (Å²) >= 11 is 21.7. The van der Waals surface area contributed by atoms with Crippen LogP contribution >= 0.6 is 136 Å². The fourth-order valence-electron chi connectivity index (χ4n) is 1.85. The van der Waals surface area contributed by atoms with Crippen molar-refractivity contribution in [2.45, 2.75) is 37.4 Å². The van der Waals surface area contributed by atoms with Crippen molar-refractivity contribution in [1.82, 2.24) is 0 Å². The molecule has 0 aliphatic heterocycles. The number of aliphatic hydroxyl groups is 3. The summed E-state index contributed by atoms with van der Waals surface area (Å²) in [7, 11) is 7.10. The van der Waals surface area contributed by atoms with Crippen LogP contribution in [-0.2, 0) is 23.1 Å². The molecule has 0 saturated heterocycles. The van der Waals surface area contributed by atoms with Crippen LogP contribution in [0.2, 0.25) is 0 Å². The molecule has 0 aromatic carbocycles. The van der Waals surface area contributed by atoms with Gasteiger partial charge in [0.15, 0.2) is 0 Å². The molecule has 0 rings (SSSR count). The highest BCUT2D eigenvalue weighted by Gasteiger charge is 2.60. The molecular formula is C17H28O8S12. The van der Waals surface area contributed by atoms with E-state index in [4.69, 9.17) is 72.0 Å². The topological polar surface area (TPSA) is 107 Å². The molecule has 3 N–H and O–H groups in total. The van der Waals surface area contributed by atoms with Crippen LogP contribution in [0.3, 0.4) is 0 Å². The summed E-state index contributed by atoms with van der Waals surface area (Å²) in [5.74, 6) is 0. The van der Waals surface area contributed by atoms with Gasteiger partial charge in [0.2, 0.25) is 21.8 Å². The third-order valence-corrected chi connectivity index (χ3v) is 16.4. The zero-order chi connectivity index (χ0) is 28.3. The highest BCUT2D eigenvalue weighted by atomic mass is 33.1. The second kappa shape index (κ2) is 22.8. The highest BCUT2D eigenvalue weighted by molar-refractivity contribution is 8.92. The number of hydrogen-bond donors (Lipinski definition) is 3. The molecule has 0 heterocycles. The molecular weight excluding hydrogens is 717 g/mol. The zero-order valence-electron chi connectivity index (χ0n) is 20.1. The molecule has 0 aliphatic rings. The summed E-state index contributed by atoms with van der Waals surface area (Å²) in [5.41, 5.74) is -3.11. The molecule has 37 heavy (non-hydrogen) atoms. The molecule has 1 unspecified atom stereocenters. The van der Waals surface area contributed by atoms with Crippen LogP contribution in [0.15, 0.2) is 0 Å². The van der Waals surface area contributed by atoms with Gasteiger partial charge in [0, 0.05) is 10.8 Å². The minimum Gasteiger partial charge on any atom is -0.478 e. The summed E-state index contributed by atoms with van der Waals surface area (Å²) in [6, 6.07) is 0. The molecule has 0 aromatic heterocycles. The maximum Gasteiger partial charge on any atom is 0.233 e. The largest absolute Gasteiger partial charge is 0.478 e. The van der Waals surface area contributed by atoms with Crippen LogP contribution in [0.4, 0.5) is 0 Å². The quantitative estimate of drug-likeness (QED) is 0.0638. The Labute approximate surface area is 271 Å². The van der Waals surface area contributed by atoms with Crippen molar-refractivity contribution in [2.75, 3.05) is 39.6 Å². The fourth-order valence-corrected chi connectivity index (χ4v) is 13.7. The lowest BCUT2D eigenvalue weighted by molar-refractivity contribution is -0.0591. The van der Waals surface area contributed by atoms with E-state index >= 15 is 0 Å².